The average molecular weight is 424 g/mol. The lowest BCUT2D eigenvalue weighted by Crippen LogP contribution is -2.32. The van der Waals surface area contributed by atoms with E-state index in [4.69, 9.17) is 9.98 Å². The van der Waals surface area contributed by atoms with Crippen molar-refractivity contribution in [3.05, 3.63) is 59.7 Å². The largest absolute Gasteiger partial charge is 0.341 e. The third kappa shape index (κ3) is 5.20. The summed E-state index contributed by atoms with van der Waals surface area (Å²) in [5.74, 6) is 0.751. The zero-order valence-corrected chi connectivity index (χ0v) is 16.6. The zero-order valence-electron chi connectivity index (χ0n) is 14.2. The number of aromatic nitrogens is 1. The number of guanidine groups is 1. The van der Waals surface area contributed by atoms with Crippen molar-refractivity contribution in [2.24, 2.45) is 17.0 Å². The molecule has 0 atom stereocenters. The van der Waals surface area contributed by atoms with Crippen LogP contribution >= 0.6 is 24.0 Å². The first-order chi connectivity index (χ1) is 10.7. The fraction of sp³-hybridized carbons (Fsp3) is 0.333. The van der Waals surface area contributed by atoms with E-state index < -0.39 is 0 Å². The van der Waals surface area contributed by atoms with Gasteiger partial charge in [-0.3, -0.25) is 0 Å². The highest BCUT2D eigenvalue weighted by Gasteiger charge is 2.07. The number of hydrogen-bond donors (Lipinski definition) is 0. The normalized spacial score (nSPS) is 12.0. The van der Waals surface area contributed by atoms with Crippen LogP contribution in [0.1, 0.15) is 19.4 Å². The highest BCUT2D eigenvalue weighted by molar-refractivity contribution is 14.0. The fourth-order valence-corrected chi connectivity index (χ4v) is 2.29. The van der Waals surface area contributed by atoms with Gasteiger partial charge in [-0.15, -0.1) is 24.0 Å². The summed E-state index contributed by atoms with van der Waals surface area (Å²) in [6, 6.07) is 14.1. The molecule has 4 nitrogen and oxygen atoms in total. The number of benzene rings is 1. The molecule has 0 saturated heterocycles. The minimum absolute atomic E-state index is 0. The van der Waals surface area contributed by atoms with Crippen molar-refractivity contribution in [3.63, 3.8) is 0 Å². The van der Waals surface area contributed by atoms with Crippen molar-refractivity contribution < 1.29 is 0 Å². The summed E-state index contributed by atoms with van der Waals surface area (Å²) in [6.45, 7) is 8.07. The molecule has 0 unspecified atom stereocenters. The summed E-state index contributed by atoms with van der Waals surface area (Å²) in [6.07, 6.45) is 2.01. The van der Waals surface area contributed by atoms with E-state index >= 15 is 0 Å². The van der Waals surface area contributed by atoms with Crippen molar-refractivity contribution in [2.75, 3.05) is 13.1 Å². The van der Waals surface area contributed by atoms with E-state index in [1.807, 2.05) is 54.2 Å². The van der Waals surface area contributed by atoms with Gasteiger partial charge in [-0.2, -0.15) is 4.99 Å². The fourth-order valence-electron chi connectivity index (χ4n) is 2.29. The topological polar surface area (TPSA) is 32.9 Å². The molecule has 0 amide bonds. The van der Waals surface area contributed by atoms with E-state index in [0.717, 1.165) is 35.8 Å². The SMILES string of the molecule is CCN(CC)C(=Nc1ccccc1)N=c1c(C)cccn1C.I. The van der Waals surface area contributed by atoms with Gasteiger partial charge in [-0.1, -0.05) is 24.3 Å². The number of aliphatic imine (C=N–C) groups is 1. The van der Waals surface area contributed by atoms with Crippen molar-refractivity contribution in [1.82, 2.24) is 9.47 Å². The van der Waals surface area contributed by atoms with Crippen LogP contribution < -0.4 is 5.49 Å². The van der Waals surface area contributed by atoms with Crippen molar-refractivity contribution in [2.45, 2.75) is 20.8 Å². The standard InChI is InChI=1S/C18H24N4.HI/c1-5-22(6-2)18(19-16-12-8-7-9-13-16)20-17-15(3)11-10-14-21(17)4;/h7-14H,5-6H2,1-4H3;1H. The van der Waals surface area contributed by atoms with Crippen molar-refractivity contribution in [1.29, 1.82) is 0 Å². The van der Waals surface area contributed by atoms with Crippen LogP contribution in [0.15, 0.2) is 58.6 Å². The molecule has 5 heteroatoms. The number of nitrogens with zero attached hydrogens (tertiary/aromatic N) is 4. The quantitative estimate of drug-likeness (QED) is 0.418. The number of rotatable bonds is 3. The Kier molecular flexibility index (Phi) is 8.02. The Labute approximate surface area is 155 Å². The minimum Gasteiger partial charge on any atom is -0.341 e. The van der Waals surface area contributed by atoms with E-state index in [1.54, 1.807) is 0 Å². The Morgan fingerprint density at radius 3 is 2.26 bits per heavy atom. The second-order valence-corrected chi connectivity index (χ2v) is 5.16. The molecule has 0 fully saturated rings. The second-order valence-electron chi connectivity index (χ2n) is 5.16. The van der Waals surface area contributed by atoms with E-state index in [2.05, 4.69) is 31.7 Å². The minimum atomic E-state index is 0. The van der Waals surface area contributed by atoms with Crippen LogP contribution in [0.25, 0.3) is 0 Å². The number of pyridine rings is 1. The number of halogens is 1. The molecule has 1 aromatic heterocycles. The smallest absolute Gasteiger partial charge is 0.227 e. The maximum Gasteiger partial charge on any atom is 0.227 e. The summed E-state index contributed by atoms with van der Waals surface area (Å²) in [4.78, 5) is 11.7. The molecule has 0 spiro atoms. The van der Waals surface area contributed by atoms with Gasteiger partial charge in [0, 0.05) is 26.3 Å². The summed E-state index contributed by atoms with van der Waals surface area (Å²) in [7, 11) is 2.01. The van der Waals surface area contributed by atoms with E-state index in [1.165, 1.54) is 0 Å². The molecule has 2 rings (SSSR count). The summed E-state index contributed by atoms with van der Waals surface area (Å²) < 4.78 is 2.03. The Bertz CT molecular complexity index is 677. The summed E-state index contributed by atoms with van der Waals surface area (Å²) >= 11 is 0. The van der Waals surface area contributed by atoms with Crippen LogP contribution in [0.5, 0.6) is 0 Å². The maximum absolute atomic E-state index is 4.83. The van der Waals surface area contributed by atoms with E-state index in [-0.39, 0.29) is 24.0 Å². The highest BCUT2D eigenvalue weighted by Crippen LogP contribution is 2.11. The lowest BCUT2D eigenvalue weighted by Gasteiger charge is -2.20. The molecular weight excluding hydrogens is 399 g/mol. The van der Waals surface area contributed by atoms with Crippen molar-refractivity contribution in [3.8, 4) is 0 Å². The van der Waals surface area contributed by atoms with Crippen LogP contribution in [0.3, 0.4) is 0 Å². The Morgan fingerprint density at radius 2 is 1.70 bits per heavy atom. The number of aryl methyl sites for hydroxylation is 2. The molecule has 0 aliphatic heterocycles. The van der Waals surface area contributed by atoms with Gasteiger partial charge in [0.2, 0.25) is 5.96 Å². The molecule has 2 aromatic rings. The van der Waals surface area contributed by atoms with Gasteiger partial charge in [0.1, 0.15) is 5.49 Å². The molecule has 1 aromatic carbocycles. The highest BCUT2D eigenvalue weighted by atomic mass is 127. The first-order valence-corrected chi connectivity index (χ1v) is 7.71. The van der Waals surface area contributed by atoms with E-state index in [0.29, 0.717) is 0 Å². The maximum atomic E-state index is 4.83. The van der Waals surface area contributed by atoms with Crippen molar-refractivity contribution >= 4 is 35.6 Å². The third-order valence-electron chi connectivity index (χ3n) is 3.58. The Morgan fingerprint density at radius 1 is 1.04 bits per heavy atom. The molecule has 0 N–H and O–H groups in total. The number of para-hydroxylation sites is 1. The first kappa shape index (κ1) is 19.4. The molecule has 0 radical (unpaired) electrons. The third-order valence-corrected chi connectivity index (χ3v) is 3.58. The molecule has 124 valence electrons. The van der Waals surface area contributed by atoms with Crippen LogP contribution in [0.4, 0.5) is 5.69 Å². The van der Waals surface area contributed by atoms with Gasteiger partial charge >= 0.3 is 0 Å². The molecule has 0 saturated carbocycles. The second kappa shape index (κ2) is 9.50. The lowest BCUT2D eigenvalue weighted by molar-refractivity contribution is 0.459. The number of hydrogen-bond acceptors (Lipinski definition) is 1. The van der Waals surface area contributed by atoms with Gasteiger partial charge in [-0.25, -0.2) is 4.99 Å². The predicted molar refractivity (Wildman–Crippen MR) is 108 cm³/mol. The Balaban J connectivity index is 0.00000264. The molecule has 0 bridgehead atoms. The zero-order chi connectivity index (χ0) is 15.9. The Hall–Kier alpha value is -1.63. The molecular formula is C18H25IN4. The van der Waals surface area contributed by atoms with Crippen LogP contribution in [0, 0.1) is 6.92 Å². The predicted octanol–water partition coefficient (Wildman–Crippen LogP) is 3.88. The molecule has 0 aliphatic rings. The van der Waals surface area contributed by atoms with Gasteiger partial charge in [-0.05, 0) is 44.5 Å². The lowest BCUT2D eigenvalue weighted by atomic mass is 10.3. The van der Waals surface area contributed by atoms with Crippen LogP contribution in [-0.2, 0) is 7.05 Å². The van der Waals surface area contributed by atoms with Crippen LogP contribution in [-0.4, -0.2) is 28.5 Å². The van der Waals surface area contributed by atoms with E-state index in [9.17, 15) is 0 Å². The summed E-state index contributed by atoms with van der Waals surface area (Å²) in [5, 5.41) is 0. The first-order valence-electron chi connectivity index (χ1n) is 7.71. The molecule has 1 heterocycles. The van der Waals surface area contributed by atoms with Gasteiger partial charge in [0.25, 0.3) is 0 Å². The van der Waals surface area contributed by atoms with Gasteiger partial charge < -0.3 is 9.47 Å². The monoisotopic (exact) mass is 424 g/mol. The van der Waals surface area contributed by atoms with Gasteiger partial charge in [0.05, 0.1) is 5.69 Å². The molecule has 0 aliphatic carbocycles. The van der Waals surface area contributed by atoms with Gasteiger partial charge in [0.15, 0.2) is 0 Å². The average Bonchev–Trinajstić information content (AvgIpc) is 2.53. The van der Waals surface area contributed by atoms with Crippen LogP contribution in [0.2, 0.25) is 0 Å². The summed E-state index contributed by atoms with van der Waals surface area (Å²) in [5.41, 5.74) is 2.99. The molecule has 23 heavy (non-hydrogen) atoms.